The number of carbonyl (C=O) groups is 2. The van der Waals surface area contributed by atoms with Gasteiger partial charge in [0.05, 0.1) is 11.1 Å². The van der Waals surface area contributed by atoms with Crippen LogP contribution in [-0.2, 0) is 20.0 Å². The monoisotopic (exact) mass is 813 g/mol. The van der Waals surface area contributed by atoms with Crippen LogP contribution in [0.1, 0.15) is 53.6 Å². The van der Waals surface area contributed by atoms with Gasteiger partial charge < -0.3 is 16.4 Å². The molecular formula is C29H36Cl3F2N9O6S2. The fraction of sp³-hybridized carbons (Fsp3) is 0.241. The summed E-state index contributed by atoms with van der Waals surface area (Å²) in [6.07, 6.45) is 0.816. The Balaban J connectivity index is 0.00000102. The van der Waals surface area contributed by atoms with Crippen molar-refractivity contribution in [2.75, 3.05) is 22.9 Å². The highest BCUT2D eigenvalue weighted by Gasteiger charge is 2.39. The number of nitrogens with one attached hydrogen (secondary N) is 2. The fourth-order valence-corrected chi connectivity index (χ4v) is 7.44. The molecular weight excluding hydrogens is 779 g/mol. The summed E-state index contributed by atoms with van der Waals surface area (Å²) in [6.45, 7) is 6.53. The van der Waals surface area contributed by atoms with Crippen LogP contribution in [0.2, 0.25) is 15.5 Å². The van der Waals surface area contributed by atoms with Crippen LogP contribution in [0.25, 0.3) is 0 Å². The van der Waals surface area contributed by atoms with Gasteiger partial charge in [-0.2, -0.15) is 16.8 Å². The highest BCUT2D eigenvalue weighted by atomic mass is 35.5. The smallest absolute Gasteiger partial charge is 0.281 e. The minimum atomic E-state index is -4.33. The molecule has 5 heterocycles. The molecule has 0 bridgehead atoms. The predicted octanol–water partition coefficient (Wildman–Crippen LogP) is 5.20. The Kier molecular flexibility index (Phi) is 11.6. The average molecular weight is 815 g/mol. The average Bonchev–Trinajstić information content (AvgIpc) is 3.31. The lowest BCUT2D eigenvalue weighted by Crippen LogP contribution is -2.41. The summed E-state index contributed by atoms with van der Waals surface area (Å²) in [5, 5.41) is -2.28. The zero-order valence-corrected chi connectivity index (χ0v) is 30.6. The van der Waals surface area contributed by atoms with Gasteiger partial charge in [-0.3, -0.25) is 9.59 Å². The maximum atomic E-state index is 14.1. The van der Waals surface area contributed by atoms with Gasteiger partial charge in [-0.25, -0.2) is 38.2 Å². The molecule has 1 fully saturated rings. The Labute approximate surface area is 311 Å². The molecule has 51 heavy (non-hydrogen) atoms. The lowest BCUT2D eigenvalue weighted by atomic mass is 9.97. The summed E-state index contributed by atoms with van der Waals surface area (Å²) < 4.78 is 80.1. The number of hydrogen-bond acceptors (Lipinski definition) is 13. The summed E-state index contributed by atoms with van der Waals surface area (Å²) in [4.78, 5) is 41.3. The van der Waals surface area contributed by atoms with E-state index < -0.39 is 74.6 Å². The number of pyridine rings is 4. The summed E-state index contributed by atoms with van der Waals surface area (Å²) >= 11 is 16.9. The van der Waals surface area contributed by atoms with Gasteiger partial charge in [0.15, 0.2) is 32.0 Å². The first kappa shape index (κ1) is 39.4. The molecule has 6 N–H and O–H groups in total. The number of nitrogens with zero attached hydrogens (tertiary/aromatic N) is 5. The number of nitrogen functional groups attached to an aromatic ring is 2. The second-order valence-corrected chi connectivity index (χ2v) is 16.0. The Morgan fingerprint density at radius 3 is 1.71 bits per heavy atom. The first-order valence-corrected chi connectivity index (χ1v) is 18.5. The van der Waals surface area contributed by atoms with Gasteiger partial charge in [-0.05, 0) is 62.6 Å². The number of halogens is 5. The van der Waals surface area contributed by atoms with Gasteiger partial charge in [-0.1, -0.05) is 53.9 Å². The summed E-state index contributed by atoms with van der Waals surface area (Å²) in [5.41, 5.74) is 9.79. The summed E-state index contributed by atoms with van der Waals surface area (Å²) in [6, 6.07) is 9.41. The largest absolute Gasteiger partial charge is 0.384 e. The third kappa shape index (κ3) is 9.28. The van der Waals surface area contributed by atoms with Crippen molar-refractivity contribution in [1.82, 2.24) is 29.4 Å². The van der Waals surface area contributed by atoms with Crippen molar-refractivity contribution in [3.8, 4) is 0 Å². The van der Waals surface area contributed by atoms with E-state index in [1.54, 1.807) is 4.72 Å². The first-order chi connectivity index (χ1) is 23.6. The number of nitrogens with two attached hydrogens (primary N) is 2. The lowest BCUT2D eigenvalue weighted by Gasteiger charge is -2.33. The number of aromatic nitrogens is 4. The van der Waals surface area contributed by atoms with Crippen molar-refractivity contribution in [2.24, 2.45) is 5.92 Å². The van der Waals surface area contributed by atoms with Crippen LogP contribution in [0.3, 0.4) is 0 Å². The van der Waals surface area contributed by atoms with Crippen LogP contribution in [0, 0.1) is 17.6 Å². The molecule has 1 unspecified atom stereocenters. The Morgan fingerprint density at radius 1 is 0.804 bits per heavy atom. The molecule has 280 valence electrons. The van der Waals surface area contributed by atoms with Gasteiger partial charge in [0.2, 0.25) is 0 Å². The molecule has 0 saturated carbocycles. The van der Waals surface area contributed by atoms with E-state index in [2.05, 4.69) is 19.9 Å². The maximum absolute atomic E-state index is 14.1. The molecule has 15 nitrogen and oxygen atoms in total. The van der Waals surface area contributed by atoms with Crippen LogP contribution in [0.5, 0.6) is 0 Å². The zero-order chi connectivity index (χ0) is 38.1. The van der Waals surface area contributed by atoms with Crippen molar-refractivity contribution in [2.45, 2.75) is 42.8 Å². The third-order valence-electron chi connectivity index (χ3n) is 7.11. The number of amides is 2. The van der Waals surface area contributed by atoms with Crippen molar-refractivity contribution in [1.29, 1.82) is 0 Å². The van der Waals surface area contributed by atoms with Crippen molar-refractivity contribution < 1.29 is 40.9 Å². The van der Waals surface area contributed by atoms with Crippen molar-refractivity contribution >= 4 is 84.1 Å². The second kappa shape index (κ2) is 15.0. The fourth-order valence-electron chi connectivity index (χ4n) is 5.01. The maximum Gasteiger partial charge on any atom is 0.281 e. The number of sulfonamides is 2. The van der Waals surface area contributed by atoms with Crippen molar-refractivity contribution in [3.63, 3.8) is 0 Å². The van der Waals surface area contributed by atoms with Crippen LogP contribution in [0.4, 0.5) is 26.2 Å². The standard InChI is InChI=1S/C18H21ClFN5O3S.C11H7Cl2FN4O3S.4H2/c1-10-8-18(2,3)25(9-10)16-11(7-12(20)15(19)23-16)17(26)24-29(27,28)14-6-4-5-13(21)22-14;12-9-5(4-6(14)10(13)17-9)11(19)18-22(20,21)8-3-1-2-7(15)16-8;;;;/h4-7,10H,8-9H2,1-3H3,(H2,21,22)(H,24,26);1-4H,(H2,15,16)(H,18,19);4*1H. The van der Waals surface area contributed by atoms with E-state index in [4.69, 9.17) is 46.3 Å². The van der Waals surface area contributed by atoms with Gasteiger partial charge in [-0.15, -0.1) is 0 Å². The van der Waals surface area contributed by atoms with Crippen LogP contribution in [-0.4, -0.2) is 60.7 Å². The number of rotatable bonds is 7. The van der Waals surface area contributed by atoms with Gasteiger partial charge in [0.1, 0.15) is 22.6 Å². The zero-order valence-electron chi connectivity index (χ0n) is 26.7. The van der Waals surface area contributed by atoms with E-state index in [-0.39, 0.29) is 34.3 Å². The van der Waals surface area contributed by atoms with E-state index in [0.717, 1.165) is 18.6 Å². The van der Waals surface area contributed by atoms with Crippen molar-refractivity contribution in [3.05, 3.63) is 86.8 Å². The Morgan fingerprint density at radius 2 is 1.25 bits per heavy atom. The van der Waals surface area contributed by atoms with Gasteiger partial charge in [0, 0.05) is 17.8 Å². The number of carbonyl (C=O) groups excluding carboxylic acids is 2. The molecule has 0 aliphatic carbocycles. The molecule has 4 aromatic rings. The minimum absolute atomic E-state index is 0. The first-order valence-electron chi connectivity index (χ1n) is 14.4. The van der Waals surface area contributed by atoms with E-state index in [1.807, 2.05) is 30.4 Å². The van der Waals surface area contributed by atoms with E-state index in [1.165, 1.54) is 30.3 Å². The molecule has 1 aliphatic rings. The molecule has 2 amide bonds. The minimum Gasteiger partial charge on any atom is -0.384 e. The van der Waals surface area contributed by atoms with Crippen LogP contribution < -0.4 is 25.8 Å². The SMILES string of the molecule is CC1CN(c2nc(Cl)c(F)cc2C(=O)NS(=O)(=O)c2cccc(N)n2)C(C)(C)C1.Nc1cccc(S(=O)(=O)NC(=O)c2cc(F)c(Cl)nc2Cl)n1.[HH].[HH].[HH].[HH]. The van der Waals surface area contributed by atoms with Gasteiger partial charge in [0.25, 0.3) is 31.9 Å². The van der Waals surface area contributed by atoms with E-state index in [0.29, 0.717) is 18.5 Å². The molecule has 0 aromatic carbocycles. The quantitative estimate of drug-likeness (QED) is 0.176. The lowest BCUT2D eigenvalue weighted by molar-refractivity contribution is 0.0971. The predicted molar refractivity (Wildman–Crippen MR) is 194 cm³/mol. The van der Waals surface area contributed by atoms with Gasteiger partial charge >= 0.3 is 0 Å². The topological polar surface area (TPSA) is 233 Å². The molecule has 1 aliphatic heterocycles. The molecule has 0 radical (unpaired) electrons. The normalized spacial score (nSPS) is 15.5. The Hall–Kier alpha value is -4.43. The van der Waals surface area contributed by atoms with Crippen LogP contribution >= 0.6 is 34.8 Å². The molecule has 0 spiro atoms. The highest BCUT2D eigenvalue weighted by molar-refractivity contribution is 7.90. The summed E-state index contributed by atoms with van der Waals surface area (Å²) in [7, 11) is -8.63. The number of anilines is 3. The second-order valence-electron chi connectivity index (χ2n) is 11.6. The summed E-state index contributed by atoms with van der Waals surface area (Å²) in [5.74, 6) is -3.81. The molecule has 4 aromatic heterocycles. The highest BCUT2D eigenvalue weighted by Crippen LogP contribution is 2.38. The third-order valence-corrected chi connectivity index (χ3v) is 10.4. The Bertz CT molecular complexity index is 2270. The molecule has 22 heteroatoms. The van der Waals surface area contributed by atoms with E-state index in [9.17, 15) is 35.2 Å². The molecule has 1 atom stereocenters. The number of hydrogen-bond donors (Lipinski definition) is 4. The molecule has 1 saturated heterocycles. The van der Waals surface area contributed by atoms with E-state index >= 15 is 0 Å². The molecule has 5 rings (SSSR count). The van der Waals surface area contributed by atoms with Crippen LogP contribution in [0.15, 0.2) is 58.6 Å².